The minimum absolute atomic E-state index is 0.0769. The van der Waals surface area contributed by atoms with Crippen LogP contribution < -0.4 is 4.31 Å². The van der Waals surface area contributed by atoms with Gasteiger partial charge >= 0.3 is 0 Å². The number of benzene rings is 3. The van der Waals surface area contributed by atoms with Crippen molar-refractivity contribution in [1.29, 1.82) is 0 Å². The van der Waals surface area contributed by atoms with E-state index in [1.54, 1.807) is 30.3 Å². The average molecular weight is 431 g/mol. The van der Waals surface area contributed by atoms with Crippen LogP contribution in [0.3, 0.4) is 0 Å². The number of anilines is 1. The van der Waals surface area contributed by atoms with E-state index in [1.165, 1.54) is 24.3 Å². The molecule has 148 valence electrons. The molecule has 0 aliphatic heterocycles. The SMILES string of the molecule is Cc1ccc(N(C(=O)c2ccc([N+](=O)[O-])cc2Cl)S(=O)(=O)c2ccccc2)cc1. The van der Waals surface area contributed by atoms with Crippen LogP contribution in [0.4, 0.5) is 11.4 Å². The first-order valence-electron chi connectivity index (χ1n) is 8.37. The van der Waals surface area contributed by atoms with E-state index in [-0.39, 0.29) is 26.9 Å². The molecule has 0 N–H and O–H groups in total. The van der Waals surface area contributed by atoms with E-state index < -0.39 is 20.9 Å². The molecule has 3 aromatic rings. The van der Waals surface area contributed by atoms with Gasteiger partial charge in [-0.1, -0.05) is 47.5 Å². The fourth-order valence-corrected chi connectivity index (χ4v) is 4.33. The summed E-state index contributed by atoms with van der Waals surface area (Å²) in [7, 11) is -4.27. The summed E-state index contributed by atoms with van der Waals surface area (Å²) in [6.45, 7) is 1.83. The number of hydrogen-bond donors (Lipinski definition) is 0. The van der Waals surface area contributed by atoms with Gasteiger partial charge in [-0.05, 0) is 37.3 Å². The van der Waals surface area contributed by atoms with Crippen molar-refractivity contribution < 1.29 is 18.1 Å². The Kier molecular flexibility index (Phi) is 5.67. The third-order valence-electron chi connectivity index (χ3n) is 4.13. The minimum atomic E-state index is -4.27. The molecule has 1 amide bonds. The van der Waals surface area contributed by atoms with Crippen LogP contribution in [0.5, 0.6) is 0 Å². The smallest absolute Gasteiger partial charge is 0.268 e. The molecule has 0 aromatic heterocycles. The molecule has 0 bridgehead atoms. The number of halogens is 1. The van der Waals surface area contributed by atoms with Gasteiger partial charge in [-0.3, -0.25) is 14.9 Å². The van der Waals surface area contributed by atoms with Gasteiger partial charge in [-0.25, -0.2) is 8.42 Å². The van der Waals surface area contributed by atoms with Crippen molar-refractivity contribution in [2.75, 3.05) is 4.31 Å². The number of amides is 1. The van der Waals surface area contributed by atoms with Gasteiger partial charge < -0.3 is 0 Å². The third-order valence-corrected chi connectivity index (χ3v) is 6.17. The van der Waals surface area contributed by atoms with E-state index >= 15 is 0 Å². The number of carbonyl (C=O) groups is 1. The molecule has 0 aliphatic carbocycles. The summed E-state index contributed by atoms with van der Waals surface area (Å²) >= 11 is 6.07. The van der Waals surface area contributed by atoms with Crippen LogP contribution in [-0.4, -0.2) is 19.2 Å². The van der Waals surface area contributed by atoms with Crippen LogP contribution in [0.15, 0.2) is 77.7 Å². The van der Waals surface area contributed by atoms with Crippen LogP contribution in [0.2, 0.25) is 5.02 Å². The van der Waals surface area contributed by atoms with Gasteiger partial charge in [0.1, 0.15) is 0 Å². The monoisotopic (exact) mass is 430 g/mol. The van der Waals surface area contributed by atoms with Gasteiger partial charge in [-0.15, -0.1) is 0 Å². The molecular weight excluding hydrogens is 416 g/mol. The number of sulfonamides is 1. The van der Waals surface area contributed by atoms with Crippen LogP contribution >= 0.6 is 11.6 Å². The Morgan fingerprint density at radius 3 is 2.17 bits per heavy atom. The van der Waals surface area contributed by atoms with Crippen LogP contribution in [0.1, 0.15) is 15.9 Å². The van der Waals surface area contributed by atoms with Crippen LogP contribution in [0, 0.1) is 17.0 Å². The largest absolute Gasteiger partial charge is 0.273 e. The summed E-state index contributed by atoms with van der Waals surface area (Å²) in [6, 6.07) is 17.1. The predicted molar refractivity (Wildman–Crippen MR) is 110 cm³/mol. The molecule has 0 aliphatic rings. The summed E-state index contributed by atoms with van der Waals surface area (Å²) in [4.78, 5) is 23.4. The summed E-state index contributed by atoms with van der Waals surface area (Å²) < 4.78 is 27.2. The number of carbonyl (C=O) groups excluding carboxylic acids is 1. The maximum Gasteiger partial charge on any atom is 0.273 e. The Morgan fingerprint density at radius 2 is 1.62 bits per heavy atom. The topological polar surface area (TPSA) is 97.6 Å². The van der Waals surface area contributed by atoms with Crippen molar-refractivity contribution in [2.24, 2.45) is 0 Å². The highest BCUT2D eigenvalue weighted by Gasteiger charge is 2.33. The first-order chi connectivity index (χ1) is 13.7. The number of aryl methyl sites for hydroxylation is 1. The highest BCUT2D eigenvalue weighted by Crippen LogP contribution is 2.30. The van der Waals surface area contributed by atoms with Gasteiger partial charge in [0.25, 0.3) is 21.6 Å². The number of nitro groups is 1. The van der Waals surface area contributed by atoms with Crippen molar-refractivity contribution in [3.8, 4) is 0 Å². The zero-order valence-electron chi connectivity index (χ0n) is 15.2. The number of hydrogen-bond acceptors (Lipinski definition) is 5. The maximum absolute atomic E-state index is 13.3. The molecule has 29 heavy (non-hydrogen) atoms. The predicted octanol–water partition coefficient (Wildman–Crippen LogP) is 4.59. The Balaban J connectivity index is 2.17. The summed E-state index contributed by atoms with van der Waals surface area (Å²) in [6.07, 6.45) is 0. The standard InChI is InChI=1S/C20H15ClN2O5S/c1-14-7-9-15(10-8-14)22(29(27,28)17-5-3-2-4-6-17)20(24)18-12-11-16(23(25)26)13-19(18)21/h2-13H,1H3. The fraction of sp³-hybridized carbons (Fsp3) is 0.0500. The summed E-state index contributed by atoms with van der Waals surface area (Å²) in [5.74, 6) is -0.919. The van der Waals surface area contributed by atoms with Crippen molar-refractivity contribution >= 4 is 38.9 Å². The van der Waals surface area contributed by atoms with E-state index in [0.29, 0.717) is 4.31 Å². The highest BCUT2D eigenvalue weighted by molar-refractivity contribution is 7.93. The molecule has 0 radical (unpaired) electrons. The van der Waals surface area contributed by atoms with E-state index in [2.05, 4.69) is 0 Å². The minimum Gasteiger partial charge on any atom is -0.268 e. The second-order valence-electron chi connectivity index (χ2n) is 6.14. The van der Waals surface area contributed by atoms with E-state index in [1.807, 2.05) is 6.92 Å². The summed E-state index contributed by atoms with van der Waals surface area (Å²) in [5.41, 5.74) is 0.530. The van der Waals surface area contributed by atoms with Crippen LogP contribution in [0.25, 0.3) is 0 Å². The summed E-state index contributed by atoms with van der Waals surface area (Å²) in [5, 5.41) is 10.7. The lowest BCUT2D eigenvalue weighted by Gasteiger charge is -2.23. The van der Waals surface area contributed by atoms with E-state index in [9.17, 15) is 23.3 Å². The number of nitrogens with zero attached hydrogens (tertiary/aromatic N) is 2. The Hall–Kier alpha value is -3.23. The van der Waals surface area contributed by atoms with Gasteiger partial charge in [0.15, 0.2) is 0 Å². The van der Waals surface area contributed by atoms with E-state index in [0.717, 1.165) is 23.8 Å². The number of non-ortho nitro benzene ring substituents is 1. The van der Waals surface area contributed by atoms with Crippen molar-refractivity contribution in [3.63, 3.8) is 0 Å². The molecule has 7 nitrogen and oxygen atoms in total. The molecule has 0 saturated carbocycles. The zero-order valence-corrected chi connectivity index (χ0v) is 16.7. The van der Waals surface area contributed by atoms with Gasteiger partial charge in [-0.2, -0.15) is 4.31 Å². The molecule has 0 heterocycles. The molecule has 0 saturated heterocycles. The molecule has 0 spiro atoms. The lowest BCUT2D eigenvalue weighted by atomic mass is 10.1. The van der Waals surface area contributed by atoms with Crippen molar-refractivity contribution in [1.82, 2.24) is 0 Å². The Bertz CT molecular complexity index is 1180. The van der Waals surface area contributed by atoms with Gasteiger partial charge in [0, 0.05) is 12.1 Å². The lowest BCUT2D eigenvalue weighted by Crippen LogP contribution is -2.37. The lowest BCUT2D eigenvalue weighted by molar-refractivity contribution is -0.384. The Labute approximate surface area is 172 Å². The van der Waals surface area contributed by atoms with Crippen LogP contribution in [-0.2, 0) is 10.0 Å². The van der Waals surface area contributed by atoms with Gasteiger partial charge in [0.2, 0.25) is 0 Å². The second kappa shape index (κ2) is 8.02. The van der Waals surface area contributed by atoms with Gasteiger partial charge in [0.05, 0.1) is 26.1 Å². The second-order valence-corrected chi connectivity index (χ2v) is 8.34. The molecule has 0 atom stereocenters. The zero-order chi connectivity index (χ0) is 21.2. The molecular formula is C20H15ClN2O5S. The van der Waals surface area contributed by atoms with Crippen molar-refractivity contribution in [2.45, 2.75) is 11.8 Å². The molecule has 3 rings (SSSR count). The average Bonchev–Trinajstić information content (AvgIpc) is 2.70. The molecule has 3 aromatic carbocycles. The Morgan fingerprint density at radius 1 is 1.00 bits per heavy atom. The quantitative estimate of drug-likeness (QED) is 0.435. The molecule has 0 fully saturated rings. The normalized spacial score (nSPS) is 11.1. The molecule has 9 heteroatoms. The van der Waals surface area contributed by atoms with Crippen molar-refractivity contribution in [3.05, 3.63) is 99.1 Å². The number of nitro benzene ring substituents is 1. The molecule has 0 unspecified atom stereocenters. The highest BCUT2D eigenvalue weighted by atomic mass is 35.5. The first kappa shape index (κ1) is 20.5. The van der Waals surface area contributed by atoms with E-state index in [4.69, 9.17) is 11.6 Å². The first-order valence-corrected chi connectivity index (χ1v) is 10.2. The third kappa shape index (κ3) is 4.13. The number of rotatable bonds is 5. The maximum atomic E-state index is 13.3. The fourth-order valence-electron chi connectivity index (χ4n) is 2.64.